The minimum absolute atomic E-state index is 0.0779. The molecule has 21 heavy (non-hydrogen) atoms. The number of aromatic amines is 1. The maximum Gasteiger partial charge on any atom is 0.310 e. The molecule has 0 fully saturated rings. The van der Waals surface area contributed by atoms with Crippen LogP contribution in [0.15, 0.2) is 0 Å². The van der Waals surface area contributed by atoms with Gasteiger partial charge in [-0.3, -0.25) is 14.4 Å². The van der Waals surface area contributed by atoms with Crippen molar-refractivity contribution in [1.29, 1.82) is 0 Å². The van der Waals surface area contributed by atoms with Crippen molar-refractivity contribution in [3.8, 4) is 0 Å². The standard InChI is InChI=1S/C15H22N2O4/c1-8(15(20)21-6)7-17(5)14(19)13-9(2)12(11(4)18)10(3)16-13/h8,16H,7H2,1-6H3/t8-/m0/s1. The van der Waals surface area contributed by atoms with E-state index in [1.54, 1.807) is 27.8 Å². The molecule has 0 spiro atoms. The largest absolute Gasteiger partial charge is 0.469 e. The highest BCUT2D eigenvalue weighted by molar-refractivity contribution is 6.02. The number of rotatable bonds is 5. The lowest BCUT2D eigenvalue weighted by Crippen LogP contribution is -2.34. The number of ketones is 1. The van der Waals surface area contributed by atoms with Gasteiger partial charge in [-0.25, -0.2) is 0 Å². The highest BCUT2D eigenvalue weighted by Gasteiger charge is 2.24. The Hall–Kier alpha value is -2.11. The lowest BCUT2D eigenvalue weighted by Gasteiger charge is -2.20. The molecule has 1 N–H and O–H groups in total. The van der Waals surface area contributed by atoms with Crippen LogP contribution in [0.5, 0.6) is 0 Å². The molecule has 1 atom stereocenters. The van der Waals surface area contributed by atoms with E-state index in [1.165, 1.54) is 18.9 Å². The normalized spacial score (nSPS) is 11.9. The van der Waals surface area contributed by atoms with Crippen molar-refractivity contribution in [3.63, 3.8) is 0 Å². The van der Waals surface area contributed by atoms with Crippen molar-refractivity contribution in [1.82, 2.24) is 9.88 Å². The van der Waals surface area contributed by atoms with Gasteiger partial charge in [0.25, 0.3) is 5.91 Å². The van der Waals surface area contributed by atoms with Gasteiger partial charge < -0.3 is 14.6 Å². The van der Waals surface area contributed by atoms with Crippen molar-refractivity contribution in [3.05, 3.63) is 22.5 Å². The van der Waals surface area contributed by atoms with E-state index < -0.39 is 5.92 Å². The minimum Gasteiger partial charge on any atom is -0.469 e. The first kappa shape index (κ1) is 16.9. The van der Waals surface area contributed by atoms with E-state index in [2.05, 4.69) is 9.72 Å². The zero-order valence-corrected chi connectivity index (χ0v) is 13.4. The second-order valence-corrected chi connectivity index (χ2v) is 5.29. The van der Waals surface area contributed by atoms with E-state index >= 15 is 0 Å². The Bertz CT molecular complexity index is 574. The SMILES string of the molecule is COC(=O)[C@@H](C)CN(C)C(=O)c1[nH]c(C)c(C(C)=O)c1C. The van der Waals surface area contributed by atoms with E-state index in [4.69, 9.17) is 0 Å². The fourth-order valence-corrected chi connectivity index (χ4v) is 2.45. The molecule has 1 heterocycles. The summed E-state index contributed by atoms with van der Waals surface area (Å²) in [6.45, 7) is 6.92. The van der Waals surface area contributed by atoms with Crippen LogP contribution in [0.4, 0.5) is 0 Å². The summed E-state index contributed by atoms with van der Waals surface area (Å²) in [4.78, 5) is 39.8. The number of amides is 1. The number of nitrogens with zero attached hydrogens (tertiary/aromatic N) is 1. The number of ether oxygens (including phenoxy) is 1. The molecule has 1 aromatic rings. The number of methoxy groups -OCH3 is 1. The Morgan fingerprint density at radius 3 is 2.29 bits per heavy atom. The molecule has 6 heteroatoms. The molecular formula is C15H22N2O4. The number of H-pyrrole nitrogens is 1. The topological polar surface area (TPSA) is 79.5 Å². The van der Waals surface area contributed by atoms with Crippen LogP contribution in [0, 0.1) is 19.8 Å². The Labute approximate surface area is 124 Å². The lowest BCUT2D eigenvalue weighted by atomic mass is 10.1. The Balaban J connectivity index is 2.96. The van der Waals surface area contributed by atoms with Crippen LogP contribution >= 0.6 is 0 Å². The minimum atomic E-state index is -0.410. The van der Waals surface area contributed by atoms with Gasteiger partial charge in [-0.05, 0) is 26.3 Å². The quantitative estimate of drug-likeness (QED) is 0.662. The summed E-state index contributed by atoms with van der Waals surface area (Å²) in [6.07, 6.45) is 0. The van der Waals surface area contributed by atoms with E-state index in [0.717, 1.165) is 0 Å². The van der Waals surface area contributed by atoms with E-state index in [9.17, 15) is 14.4 Å². The van der Waals surface area contributed by atoms with Gasteiger partial charge >= 0.3 is 5.97 Å². The number of hydrogen-bond acceptors (Lipinski definition) is 4. The van der Waals surface area contributed by atoms with Crippen LogP contribution in [0.3, 0.4) is 0 Å². The van der Waals surface area contributed by atoms with E-state index in [0.29, 0.717) is 22.5 Å². The van der Waals surface area contributed by atoms with Crippen LogP contribution in [0.2, 0.25) is 0 Å². The van der Waals surface area contributed by atoms with Crippen molar-refractivity contribution in [2.24, 2.45) is 5.92 Å². The molecule has 0 bridgehead atoms. The molecule has 0 radical (unpaired) electrons. The first-order valence-electron chi connectivity index (χ1n) is 6.74. The van der Waals surface area contributed by atoms with Gasteiger partial charge in [0.1, 0.15) is 5.69 Å². The van der Waals surface area contributed by atoms with Crippen molar-refractivity contribution >= 4 is 17.7 Å². The summed E-state index contributed by atoms with van der Waals surface area (Å²) in [6, 6.07) is 0. The van der Waals surface area contributed by atoms with Crippen LogP contribution in [0.25, 0.3) is 0 Å². The molecule has 1 amide bonds. The number of aryl methyl sites for hydroxylation is 1. The summed E-state index contributed by atoms with van der Waals surface area (Å²) in [5, 5.41) is 0. The zero-order valence-electron chi connectivity index (χ0n) is 13.4. The van der Waals surface area contributed by atoms with Crippen LogP contribution in [-0.2, 0) is 9.53 Å². The third-order valence-electron chi connectivity index (χ3n) is 3.50. The van der Waals surface area contributed by atoms with Crippen LogP contribution in [0.1, 0.15) is 46.0 Å². The van der Waals surface area contributed by atoms with Gasteiger partial charge in [0.15, 0.2) is 5.78 Å². The summed E-state index contributed by atoms with van der Waals surface area (Å²) in [5.74, 6) is -1.10. The number of carbonyl (C=O) groups is 3. The average molecular weight is 294 g/mol. The lowest BCUT2D eigenvalue weighted by molar-refractivity contribution is -0.145. The van der Waals surface area contributed by atoms with Gasteiger partial charge in [0, 0.05) is 24.8 Å². The number of esters is 1. The highest BCUT2D eigenvalue weighted by Crippen LogP contribution is 2.20. The van der Waals surface area contributed by atoms with Crippen molar-refractivity contribution < 1.29 is 19.1 Å². The highest BCUT2D eigenvalue weighted by atomic mass is 16.5. The molecule has 0 aliphatic carbocycles. The molecule has 0 unspecified atom stereocenters. The third kappa shape index (κ3) is 3.51. The number of nitrogens with one attached hydrogen (secondary N) is 1. The predicted octanol–water partition coefficient (Wildman–Crippen LogP) is 1.72. The Kier molecular flexibility index (Phi) is 5.29. The molecule has 0 aromatic carbocycles. The maximum atomic E-state index is 12.4. The van der Waals surface area contributed by atoms with E-state index in [-0.39, 0.29) is 24.2 Å². The van der Waals surface area contributed by atoms with E-state index in [1.807, 2.05) is 0 Å². The number of Topliss-reactive ketones (excluding diaryl/α,β-unsaturated/α-hetero) is 1. The molecule has 1 rings (SSSR count). The smallest absolute Gasteiger partial charge is 0.310 e. The monoisotopic (exact) mass is 294 g/mol. The van der Waals surface area contributed by atoms with Crippen LogP contribution in [-0.4, -0.2) is 48.2 Å². The molecule has 6 nitrogen and oxygen atoms in total. The van der Waals surface area contributed by atoms with Gasteiger partial charge in [-0.2, -0.15) is 0 Å². The first-order chi connectivity index (χ1) is 9.70. The number of carbonyl (C=O) groups excluding carboxylic acids is 3. The first-order valence-corrected chi connectivity index (χ1v) is 6.74. The Morgan fingerprint density at radius 2 is 1.86 bits per heavy atom. The molecule has 0 saturated carbocycles. The Morgan fingerprint density at radius 1 is 1.29 bits per heavy atom. The van der Waals surface area contributed by atoms with Crippen LogP contribution < -0.4 is 0 Å². The maximum absolute atomic E-state index is 12.4. The number of hydrogen-bond donors (Lipinski definition) is 1. The third-order valence-corrected chi connectivity index (χ3v) is 3.50. The van der Waals surface area contributed by atoms with Gasteiger partial charge in [-0.1, -0.05) is 6.92 Å². The molecule has 0 aliphatic heterocycles. The molecule has 116 valence electrons. The summed E-state index contributed by atoms with van der Waals surface area (Å²) in [7, 11) is 2.93. The molecule has 1 aromatic heterocycles. The van der Waals surface area contributed by atoms with Gasteiger partial charge in [0.2, 0.25) is 0 Å². The second-order valence-electron chi connectivity index (χ2n) is 5.29. The average Bonchev–Trinajstić information content (AvgIpc) is 2.71. The fraction of sp³-hybridized carbons (Fsp3) is 0.533. The summed E-state index contributed by atoms with van der Waals surface area (Å²) < 4.78 is 4.65. The predicted molar refractivity (Wildman–Crippen MR) is 78.4 cm³/mol. The van der Waals surface area contributed by atoms with Crippen molar-refractivity contribution in [2.45, 2.75) is 27.7 Å². The van der Waals surface area contributed by atoms with Crippen molar-refractivity contribution in [2.75, 3.05) is 20.7 Å². The van der Waals surface area contributed by atoms with Gasteiger partial charge in [0.05, 0.1) is 13.0 Å². The zero-order chi connectivity index (χ0) is 16.3. The second kappa shape index (κ2) is 6.56. The summed E-state index contributed by atoms with van der Waals surface area (Å²) in [5.41, 5.74) is 2.25. The fourth-order valence-electron chi connectivity index (χ4n) is 2.45. The number of aromatic nitrogens is 1. The molecule has 0 aliphatic rings. The molecular weight excluding hydrogens is 272 g/mol. The van der Waals surface area contributed by atoms with Gasteiger partial charge in [-0.15, -0.1) is 0 Å². The molecule has 0 saturated heterocycles. The summed E-state index contributed by atoms with van der Waals surface area (Å²) >= 11 is 0.